The summed E-state index contributed by atoms with van der Waals surface area (Å²) in [4.78, 5) is 26.1. The number of hydrogen-bond donors (Lipinski definition) is 0. The Morgan fingerprint density at radius 2 is 1.85 bits per heavy atom. The summed E-state index contributed by atoms with van der Waals surface area (Å²) in [7, 11) is 1.73. The van der Waals surface area contributed by atoms with Gasteiger partial charge >= 0.3 is 6.18 Å². The normalized spacial score (nSPS) is 12.8. The van der Waals surface area contributed by atoms with Crippen molar-refractivity contribution >= 4 is 11.7 Å². The second-order valence-electron chi connectivity index (χ2n) is 8.02. The molecule has 3 heterocycles. The molecule has 0 bridgehead atoms. The van der Waals surface area contributed by atoms with Crippen molar-refractivity contribution in [1.29, 1.82) is 0 Å². The van der Waals surface area contributed by atoms with Crippen molar-refractivity contribution in [2.24, 2.45) is 0 Å². The number of aryl methyl sites for hydroxylation is 2. The van der Waals surface area contributed by atoms with Gasteiger partial charge in [-0.1, -0.05) is 12.1 Å². The molecule has 0 aliphatic carbocycles. The lowest BCUT2D eigenvalue weighted by atomic mass is 10.0. The molecule has 3 aromatic heterocycles. The van der Waals surface area contributed by atoms with Gasteiger partial charge in [0.2, 0.25) is 5.91 Å². The highest BCUT2D eigenvalue weighted by atomic mass is 19.4. The number of alkyl halides is 3. The van der Waals surface area contributed by atoms with Crippen LogP contribution in [0.25, 0.3) is 11.5 Å². The summed E-state index contributed by atoms with van der Waals surface area (Å²) in [6.07, 6.45) is -1.10. The Hall–Kier alpha value is -3.83. The van der Waals surface area contributed by atoms with Gasteiger partial charge in [0, 0.05) is 24.9 Å². The number of benzene rings is 1. The number of hydrogen-bond acceptors (Lipinski definition) is 6. The molecule has 0 saturated heterocycles. The van der Waals surface area contributed by atoms with Crippen molar-refractivity contribution in [2.75, 3.05) is 7.05 Å². The van der Waals surface area contributed by atoms with E-state index in [1.807, 2.05) is 31.2 Å². The highest BCUT2D eigenvalue weighted by Crippen LogP contribution is 2.27. The van der Waals surface area contributed by atoms with Gasteiger partial charge in [-0.25, -0.2) is 19.2 Å². The lowest BCUT2D eigenvalue weighted by Gasteiger charge is -2.26. The van der Waals surface area contributed by atoms with Gasteiger partial charge in [-0.15, -0.1) is 5.10 Å². The molecular weight excluding hydrogens is 449 g/mol. The molecule has 178 valence electrons. The number of carbonyl (C=O) groups excluding carboxylic acids is 1. The van der Waals surface area contributed by atoms with Gasteiger partial charge in [-0.05, 0) is 50.5 Å². The molecule has 0 radical (unpaired) electrons. The smallest absolute Gasteiger partial charge is 0.339 e. The zero-order valence-corrected chi connectivity index (χ0v) is 19.1. The minimum absolute atomic E-state index is 0.0960. The summed E-state index contributed by atoms with van der Waals surface area (Å²) in [5.74, 6) is -1.45. The third kappa shape index (κ3) is 4.47. The fourth-order valence-corrected chi connectivity index (χ4v) is 3.79. The zero-order valence-electron chi connectivity index (χ0n) is 19.1. The molecule has 12 heteroatoms. The molecule has 1 amide bonds. The van der Waals surface area contributed by atoms with Gasteiger partial charge in [0.1, 0.15) is 12.7 Å². The summed E-state index contributed by atoms with van der Waals surface area (Å²) >= 11 is 0. The average molecular weight is 472 g/mol. The van der Waals surface area contributed by atoms with Gasteiger partial charge in [-0.3, -0.25) is 4.79 Å². The fourth-order valence-electron chi connectivity index (χ4n) is 3.79. The number of carbonyl (C=O) groups is 1. The summed E-state index contributed by atoms with van der Waals surface area (Å²) < 4.78 is 41.7. The van der Waals surface area contributed by atoms with Gasteiger partial charge < -0.3 is 4.90 Å². The molecule has 9 nitrogen and oxygen atoms in total. The minimum Gasteiger partial charge on any atom is -0.339 e. The number of aromatic nitrogens is 7. The van der Waals surface area contributed by atoms with Crippen molar-refractivity contribution in [3.05, 3.63) is 65.3 Å². The summed E-state index contributed by atoms with van der Waals surface area (Å²) in [6.45, 7) is 5.28. The van der Waals surface area contributed by atoms with E-state index < -0.39 is 12.0 Å². The largest absolute Gasteiger partial charge is 0.453 e. The van der Waals surface area contributed by atoms with E-state index in [1.165, 1.54) is 6.33 Å². The maximum atomic E-state index is 13.0. The monoisotopic (exact) mass is 472 g/mol. The van der Waals surface area contributed by atoms with Crippen LogP contribution < -0.4 is 0 Å². The molecule has 0 fully saturated rings. The predicted molar refractivity (Wildman–Crippen MR) is 116 cm³/mol. The first-order valence-electron chi connectivity index (χ1n) is 10.6. The summed E-state index contributed by atoms with van der Waals surface area (Å²) in [6, 6.07) is 7.49. The second kappa shape index (κ2) is 8.84. The van der Waals surface area contributed by atoms with Gasteiger partial charge in [-0.2, -0.15) is 23.3 Å². The van der Waals surface area contributed by atoms with E-state index in [4.69, 9.17) is 0 Å². The van der Waals surface area contributed by atoms with E-state index in [0.717, 1.165) is 15.8 Å². The third-order valence-corrected chi connectivity index (χ3v) is 5.92. The van der Waals surface area contributed by atoms with Crippen LogP contribution in [0.4, 0.5) is 13.2 Å². The molecule has 4 rings (SSSR count). The maximum Gasteiger partial charge on any atom is 0.453 e. The highest BCUT2D eigenvalue weighted by Gasteiger charge is 2.37. The molecular formula is C22H23F3N8O. The third-order valence-electron chi connectivity index (χ3n) is 5.92. The van der Waals surface area contributed by atoms with Crippen LogP contribution in [0.2, 0.25) is 0 Å². The topological polar surface area (TPSA) is 94.1 Å². The molecule has 1 atom stereocenters. The molecule has 1 aromatic carbocycles. The van der Waals surface area contributed by atoms with Crippen molar-refractivity contribution in [3.8, 4) is 5.69 Å². The predicted octanol–water partition coefficient (Wildman–Crippen LogP) is 3.49. The first-order valence-corrected chi connectivity index (χ1v) is 10.6. The van der Waals surface area contributed by atoms with E-state index in [2.05, 4.69) is 25.1 Å². The van der Waals surface area contributed by atoms with E-state index in [-0.39, 0.29) is 24.1 Å². The molecule has 0 unspecified atom stereocenters. The molecule has 0 spiro atoms. The Morgan fingerprint density at radius 1 is 1.15 bits per heavy atom. The minimum atomic E-state index is -4.66. The Balaban J connectivity index is 1.46. The molecule has 34 heavy (non-hydrogen) atoms. The zero-order chi connectivity index (χ0) is 24.6. The van der Waals surface area contributed by atoms with Gasteiger partial charge in [0.05, 0.1) is 11.7 Å². The first-order chi connectivity index (χ1) is 16.1. The van der Waals surface area contributed by atoms with Crippen LogP contribution in [-0.2, 0) is 17.4 Å². The number of rotatable bonds is 6. The van der Waals surface area contributed by atoms with Crippen LogP contribution in [0.15, 0.2) is 36.9 Å². The molecule has 0 saturated carbocycles. The molecule has 4 aromatic rings. The highest BCUT2D eigenvalue weighted by molar-refractivity contribution is 5.76. The van der Waals surface area contributed by atoms with Crippen LogP contribution >= 0.6 is 0 Å². The average Bonchev–Trinajstić information content (AvgIpc) is 3.48. The Kier molecular flexibility index (Phi) is 6.07. The van der Waals surface area contributed by atoms with Crippen molar-refractivity contribution in [3.63, 3.8) is 0 Å². The van der Waals surface area contributed by atoms with Gasteiger partial charge in [0.15, 0.2) is 0 Å². The first kappa shape index (κ1) is 23.3. The van der Waals surface area contributed by atoms with E-state index in [1.54, 1.807) is 36.8 Å². The fraction of sp³-hybridized carbons (Fsp3) is 0.364. The van der Waals surface area contributed by atoms with Crippen LogP contribution in [0.5, 0.6) is 0 Å². The van der Waals surface area contributed by atoms with Crippen LogP contribution in [0.3, 0.4) is 0 Å². The SMILES string of the molecule is Cc1nc2nc(C(F)(F)F)nn2c(C)c1CCC(=O)N(C)[C@@H](C)c1ccc(-n2cncn2)cc1. The molecule has 0 aliphatic heterocycles. The molecule has 0 N–H and O–H groups in total. The summed E-state index contributed by atoms with van der Waals surface area (Å²) in [5.41, 5.74) is 3.50. The van der Waals surface area contributed by atoms with E-state index >= 15 is 0 Å². The second-order valence-corrected chi connectivity index (χ2v) is 8.02. The van der Waals surface area contributed by atoms with Crippen LogP contribution in [0.1, 0.15) is 47.7 Å². The summed E-state index contributed by atoms with van der Waals surface area (Å²) in [5, 5.41) is 7.65. The number of fused-ring (bicyclic) bond motifs is 1. The number of nitrogens with zero attached hydrogens (tertiary/aromatic N) is 8. The molecule has 0 aliphatic rings. The van der Waals surface area contributed by atoms with Gasteiger partial charge in [0.25, 0.3) is 11.6 Å². The number of halogens is 3. The maximum absolute atomic E-state index is 13.0. The Labute approximate surface area is 193 Å². The lowest BCUT2D eigenvalue weighted by molar-refractivity contribution is -0.144. The lowest BCUT2D eigenvalue weighted by Crippen LogP contribution is -2.30. The Morgan fingerprint density at radius 3 is 2.47 bits per heavy atom. The van der Waals surface area contributed by atoms with Crippen LogP contribution in [-0.4, -0.2) is 52.2 Å². The van der Waals surface area contributed by atoms with Crippen molar-refractivity contribution in [2.45, 2.75) is 45.8 Å². The number of amides is 1. The van der Waals surface area contributed by atoms with Crippen molar-refractivity contribution < 1.29 is 18.0 Å². The van der Waals surface area contributed by atoms with E-state index in [0.29, 0.717) is 23.4 Å². The quantitative estimate of drug-likeness (QED) is 0.426. The van der Waals surface area contributed by atoms with Crippen LogP contribution in [0, 0.1) is 13.8 Å². The van der Waals surface area contributed by atoms with E-state index in [9.17, 15) is 18.0 Å². The van der Waals surface area contributed by atoms with Crippen molar-refractivity contribution in [1.82, 2.24) is 39.2 Å². The Bertz CT molecular complexity index is 1310. The standard InChI is InChI=1S/C22H23F3N8O/c1-13-18(15(3)33-21(28-13)29-20(30-33)22(23,24)25)9-10-19(34)31(4)14(2)16-5-7-17(8-6-16)32-12-26-11-27-32/h5-8,11-12,14H,9-10H2,1-4H3/t14-/m0/s1.